The number of carbonyl (C=O) groups is 1. The number of rotatable bonds is 8. The second kappa shape index (κ2) is 10.0. The third-order valence-electron chi connectivity index (χ3n) is 5.66. The fourth-order valence-electron chi connectivity index (χ4n) is 4.07. The predicted octanol–water partition coefficient (Wildman–Crippen LogP) is 3.02. The highest BCUT2D eigenvalue weighted by Crippen LogP contribution is 2.25. The van der Waals surface area contributed by atoms with Gasteiger partial charge in [0, 0.05) is 6.54 Å². The van der Waals surface area contributed by atoms with Crippen molar-refractivity contribution in [2.24, 2.45) is 5.92 Å². The Bertz CT molecular complexity index is 1480. The van der Waals surface area contributed by atoms with Crippen molar-refractivity contribution in [3.8, 4) is 5.75 Å². The van der Waals surface area contributed by atoms with Crippen molar-refractivity contribution >= 4 is 22.8 Å². The van der Waals surface area contributed by atoms with E-state index in [2.05, 4.69) is 10.3 Å². The quantitative estimate of drug-likeness (QED) is 0.422. The monoisotopic (exact) mass is 475 g/mol. The number of nitrogens with zero attached hydrogens (tertiary/aromatic N) is 4. The number of hydrogen-bond donors (Lipinski definition) is 1. The Labute approximate surface area is 202 Å². The molecule has 1 amide bonds. The zero-order chi connectivity index (χ0) is 25.1. The first kappa shape index (κ1) is 24.0. The summed E-state index contributed by atoms with van der Waals surface area (Å²) in [5.41, 5.74) is 1.76. The van der Waals surface area contributed by atoms with Crippen molar-refractivity contribution in [2.45, 2.75) is 40.4 Å². The number of anilines is 1. The lowest BCUT2D eigenvalue weighted by atomic mass is 10.2. The van der Waals surface area contributed by atoms with Gasteiger partial charge in [0.2, 0.25) is 5.91 Å². The summed E-state index contributed by atoms with van der Waals surface area (Å²) in [5, 5.41) is 2.77. The first-order valence-electron chi connectivity index (χ1n) is 11.5. The number of nitrogens with one attached hydrogen (secondary N) is 1. The molecule has 0 fully saturated rings. The molecule has 0 aliphatic heterocycles. The van der Waals surface area contributed by atoms with Crippen molar-refractivity contribution in [2.75, 3.05) is 12.4 Å². The average Bonchev–Trinajstić information content (AvgIpc) is 3.23. The molecule has 0 aliphatic carbocycles. The molecule has 4 aromatic rings. The number of hydrogen-bond acceptors (Lipinski definition) is 5. The van der Waals surface area contributed by atoms with E-state index in [0.717, 1.165) is 15.7 Å². The zero-order valence-electron chi connectivity index (χ0n) is 20.3. The van der Waals surface area contributed by atoms with Gasteiger partial charge in [0.25, 0.3) is 5.56 Å². The number of imidazole rings is 1. The number of fused-ring (bicyclic) bond motifs is 1. The molecule has 0 bridgehead atoms. The molecule has 0 aliphatic rings. The standard InChI is InChI=1S/C26H29N5O4/c1-17(2)13-29-16-27-24-23(29)25(33)31(26(34)30(24)14-19-8-6-5-7-9-19)15-22(32)28-20-12-18(3)10-11-21(20)35-4/h5-12,16-17H,13-15H2,1-4H3,(H,28,32). The van der Waals surface area contributed by atoms with Crippen molar-refractivity contribution in [1.82, 2.24) is 18.7 Å². The molecule has 0 radical (unpaired) electrons. The number of benzene rings is 2. The van der Waals surface area contributed by atoms with Gasteiger partial charge in [-0.25, -0.2) is 14.3 Å². The first-order chi connectivity index (χ1) is 16.8. The summed E-state index contributed by atoms with van der Waals surface area (Å²) >= 11 is 0. The molecule has 0 spiro atoms. The summed E-state index contributed by atoms with van der Waals surface area (Å²) in [4.78, 5) is 44.3. The molecule has 1 N–H and O–H groups in total. The molecular weight excluding hydrogens is 446 g/mol. The van der Waals surface area contributed by atoms with Gasteiger partial charge in [-0.15, -0.1) is 0 Å². The second-order valence-electron chi connectivity index (χ2n) is 8.96. The molecule has 0 atom stereocenters. The molecule has 0 saturated carbocycles. The fraction of sp³-hybridized carbons (Fsp3) is 0.308. The summed E-state index contributed by atoms with van der Waals surface area (Å²) in [6.07, 6.45) is 1.58. The topological polar surface area (TPSA) is 100 Å². The van der Waals surface area contributed by atoms with Crippen LogP contribution in [-0.2, 0) is 24.4 Å². The smallest absolute Gasteiger partial charge is 0.333 e. The van der Waals surface area contributed by atoms with Crippen molar-refractivity contribution in [1.29, 1.82) is 0 Å². The van der Waals surface area contributed by atoms with E-state index in [1.165, 1.54) is 11.7 Å². The molecule has 2 heterocycles. The highest BCUT2D eigenvalue weighted by atomic mass is 16.5. The summed E-state index contributed by atoms with van der Waals surface area (Å²) in [7, 11) is 1.51. The molecule has 0 unspecified atom stereocenters. The Morgan fingerprint density at radius 2 is 1.83 bits per heavy atom. The molecule has 4 rings (SSSR count). The van der Waals surface area contributed by atoms with Gasteiger partial charge in [-0.2, -0.15) is 0 Å². The van der Waals surface area contributed by atoms with Crippen LogP contribution in [-0.4, -0.2) is 31.7 Å². The van der Waals surface area contributed by atoms with Crippen LogP contribution in [0.2, 0.25) is 0 Å². The maximum atomic E-state index is 13.5. The maximum absolute atomic E-state index is 13.5. The first-order valence-corrected chi connectivity index (χ1v) is 11.5. The van der Waals surface area contributed by atoms with E-state index >= 15 is 0 Å². The van der Waals surface area contributed by atoms with Crippen LogP contribution in [0.1, 0.15) is 25.0 Å². The van der Waals surface area contributed by atoms with E-state index in [0.29, 0.717) is 29.1 Å². The number of amides is 1. The molecule has 35 heavy (non-hydrogen) atoms. The van der Waals surface area contributed by atoms with E-state index in [9.17, 15) is 14.4 Å². The van der Waals surface area contributed by atoms with Gasteiger partial charge in [0.05, 0.1) is 25.7 Å². The molecule has 182 valence electrons. The largest absolute Gasteiger partial charge is 0.495 e. The molecular formula is C26H29N5O4. The molecule has 0 saturated heterocycles. The van der Waals surface area contributed by atoms with E-state index in [4.69, 9.17) is 4.74 Å². The minimum absolute atomic E-state index is 0.225. The second-order valence-corrected chi connectivity index (χ2v) is 8.96. The minimum Gasteiger partial charge on any atom is -0.495 e. The highest BCUT2D eigenvalue weighted by molar-refractivity contribution is 5.92. The number of carbonyl (C=O) groups excluding carboxylic acids is 1. The maximum Gasteiger partial charge on any atom is 0.333 e. The molecule has 9 heteroatoms. The fourth-order valence-corrected chi connectivity index (χ4v) is 4.07. The number of aromatic nitrogens is 4. The minimum atomic E-state index is -0.590. The summed E-state index contributed by atoms with van der Waals surface area (Å²) in [6.45, 7) is 6.31. The normalized spacial score (nSPS) is 11.2. The van der Waals surface area contributed by atoms with E-state index in [1.807, 2.05) is 57.2 Å². The van der Waals surface area contributed by atoms with Crippen LogP contribution in [0.15, 0.2) is 64.4 Å². The Balaban J connectivity index is 1.79. The predicted molar refractivity (Wildman–Crippen MR) is 135 cm³/mol. The van der Waals surface area contributed by atoms with Crippen LogP contribution >= 0.6 is 0 Å². The van der Waals surface area contributed by atoms with Crippen LogP contribution in [0.5, 0.6) is 5.75 Å². The van der Waals surface area contributed by atoms with Gasteiger partial charge in [-0.05, 0) is 36.1 Å². The average molecular weight is 476 g/mol. The van der Waals surface area contributed by atoms with Crippen LogP contribution in [0, 0.1) is 12.8 Å². The third kappa shape index (κ3) is 5.03. The lowest BCUT2D eigenvalue weighted by Crippen LogP contribution is -2.43. The number of ether oxygens (including phenoxy) is 1. The van der Waals surface area contributed by atoms with Gasteiger partial charge in [-0.1, -0.05) is 50.2 Å². The number of aryl methyl sites for hydroxylation is 1. The SMILES string of the molecule is COc1ccc(C)cc1NC(=O)Cn1c(=O)c2c(ncn2CC(C)C)n(Cc2ccccc2)c1=O. The van der Waals surface area contributed by atoms with Crippen LogP contribution < -0.4 is 21.3 Å². The lowest BCUT2D eigenvalue weighted by Gasteiger charge is -2.14. The van der Waals surface area contributed by atoms with Gasteiger partial charge in [-0.3, -0.25) is 14.2 Å². The van der Waals surface area contributed by atoms with E-state index in [1.54, 1.807) is 23.0 Å². The summed E-state index contributed by atoms with van der Waals surface area (Å²) < 4.78 is 9.50. The van der Waals surface area contributed by atoms with Crippen LogP contribution in [0.4, 0.5) is 5.69 Å². The van der Waals surface area contributed by atoms with Gasteiger partial charge < -0.3 is 14.6 Å². The molecule has 2 aromatic carbocycles. The summed E-state index contributed by atoms with van der Waals surface area (Å²) in [5.74, 6) is 0.240. The Hall–Kier alpha value is -4.14. The van der Waals surface area contributed by atoms with E-state index in [-0.39, 0.29) is 12.5 Å². The molecule has 9 nitrogen and oxygen atoms in total. The van der Waals surface area contributed by atoms with Crippen LogP contribution in [0.25, 0.3) is 11.2 Å². The Kier molecular flexibility index (Phi) is 6.86. The zero-order valence-corrected chi connectivity index (χ0v) is 20.3. The number of methoxy groups -OCH3 is 1. The van der Waals surface area contributed by atoms with Crippen LogP contribution in [0.3, 0.4) is 0 Å². The molecule has 2 aromatic heterocycles. The van der Waals surface area contributed by atoms with Crippen molar-refractivity contribution in [3.05, 3.63) is 86.8 Å². The van der Waals surface area contributed by atoms with Gasteiger partial charge in [0.1, 0.15) is 12.3 Å². The highest BCUT2D eigenvalue weighted by Gasteiger charge is 2.21. The van der Waals surface area contributed by atoms with Crippen molar-refractivity contribution in [3.63, 3.8) is 0 Å². The third-order valence-corrected chi connectivity index (χ3v) is 5.66. The lowest BCUT2D eigenvalue weighted by molar-refractivity contribution is -0.116. The Morgan fingerprint density at radius 3 is 2.51 bits per heavy atom. The van der Waals surface area contributed by atoms with E-state index < -0.39 is 23.7 Å². The Morgan fingerprint density at radius 1 is 1.09 bits per heavy atom. The van der Waals surface area contributed by atoms with Crippen molar-refractivity contribution < 1.29 is 9.53 Å². The van der Waals surface area contributed by atoms with Gasteiger partial charge in [0.15, 0.2) is 11.2 Å². The summed E-state index contributed by atoms with van der Waals surface area (Å²) in [6, 6.07) is 14.8. The van der Waals surface area contributed by atoms with Gasteiger partial charge >= 0.3 is 5.69 Å².